The summed E-state index contributed by atoms with van der Waals surface area (Å²) in [4.78, 5) is 0. The zero-order chi connectivity index (χ0) is 10.2. The fraction of sp³-hybridized carbons (Fsp3) is 0.700. The van der Waals surface area contributed by atoms with E-state index in [1.54, 1.807) is 7.11 Å². The molecule has 0 atom stereocenters. The summed E-state index contributed by atoms with van der Waals surface area (Å²) in [5.74, 6) is 0. The van der Waals surface area contributed by atoms with E-state index in [1.807, 2.05) is 11.7 Å². The number of rotatable bonds is 3. The normalized spacial score (nSPS) is 19.4. The van der Waals surface area contributed by atoms with Crippen LogP contribution in [0.25, 0.3) is 0 Å². The second-order valence-electron chi connectivity index (χ2n) is 4.07. The molecule has 4 nitrogen and oxygen atoms in total. The zero-order valence-corrected chi connectivity index (χ0v) is 9.00. The van der Waals surface area contributed by atoms with Crippen molar-refractivity contribution < 1.29 is 4.74 Å². The molecule has 0 aliphatic carbocycles. The molecule has 4 heteroatoms. The van der Waals surface area contributed by atoms with E-state index in [2.05, 4.69) is 23.4 Å². The summed E-state index contributed by atoms with van der Waals surface area (Å²) in [5.41, 5.74) is 2.30. The van der Waals surface area contributed by atoms with Gasteiger partial charge in [-0.2, -0.15) is 5.10 Å². The summed E-state index contributed by atoms with van der Waals surface area (Å²) in [7, 11) is 3.74. The first-order valence-electron chi connectivity index (χ1n) is 4.91. The van der Waals surface area contributed by atoms with Gasteiger partial charge in [-0.1, -0.05) is 0 Å². The summed E-state index contributed by atoms with van der Waals surface area (Å²) >= 11 is 0. The van der Waals surface area contributed by atoms with E-state index in [1.165, 1.54) is 5.69 Å². The van der Waals surface area contributed by atoms with E-state index in [0.717, 1.165) is 25.2 Å². The van der Waals surface area contributed by atoms with Crippen LogP contribution in [0.15, 0.2) is 6.07 Å². The second kappa shape index (κ2) is 3.37. The molecule has 1 aromatic heterocycles. The topological polar surface area (TPSA) is 39.1 Å². The monoisotopic (exact) mass is 195 g/mol. The minimum absolute atomic E-state index is 0.0131. The van der Waals surface area contributed by atoms with Crippen molar-refractivity contribution in [3.05, 3.63) is 17.5 Å². The Hall–Kier alpha value is -0.870. The molecule has 0 unspecified atom stereocenters. The van der Waals surface area contributed by atoms with Gasteiger partial charge in [-0.25, -0.2) is 0 Å². The van der Waals surface area contributed by atoms with Crippen molar-refractivity contribution in [2.45, 2.75) is 18.9 Å². The average molecular weight is 195 g/mol. The maximum atomic E-state index is 5.52. The van der Waals surface area contributed by atoms with Gasteiger partial charge < -0.3 is 10.1 Å². The molecular weight excluding hydrogens is 178 g/mol. The molecule has 1 aliphatic heterocycles. The molecule has 0 amide bonds. The van der Waals surface area contributed by atoms with Crippen LogP contribution < -0.4 is 5.32 Å². The third-order valence-corrected chi connectivity index (χ3v) is 3.00. The Bertz CT molecular complexity index is 303. The Kier molecular flexibility index (Phi) is 2.33. The summed E-state index contributed by atoms with van der Waals surface area (Å²) in [6.07, 6.45) is 0.901. The van der Waals surface area contributed by atoms with Crippen LogP contribution in [-0.2, 0) is 18.2 Å². The van der Waals surface area contributed by atoms with Crippen molar-refractivity contribution in [1.82, 2.24) is 15.1 Å². The highest BCUT2D eigenvalue weighted by Crippen LogP contribution is 2.21. The Morgan fingerprint density at radius 3 is 2.71 bits per heavy atom. The molecule has 2 rings (SSSR count). The van der Waals surface area contributed by atoms with Crippen LogP contribution in [0.3, 0.4) is 0 Å². The smallest absolute Gasteiger partial charge is 0.0981 e. The van der Waals surface area contributed by atoms with Crippen molar-refractivity contribution >= 4 is 0 Å². The van der Waals surface area contributed by atoms with E-state index in [-0.39, 0.29) is 5.60 Å². The lowest BCUT2D eigenvalue weighted by Gasteiger charge is -2.40. The predicted molar refractivity (Wildman–Crippen MR) is 54.3 cm³/mol. The van der Waals surface area contributed by atoms with Gasteiger partial charge in [0.15, 0.2) is 0 Å². The fourth-order valence-corrected chi connectivity index (χ4v) is 1.80. The summed E-state index contributed by atoms with van der Waals surface area (Å²) < 4.78 is 7.42. The summed E-state index contributed by atoms with van der Waals surface area (Å²) in [6.45, 7) is 3.92. The molecule has 1 aliphatic rings. The number of aromatic nitrogens is 2. The van der Waals surface area contributed by atoms with E-state index in [0.29, 0.717) is 0 Å². The van der Waals surface area contributed by atoms with Crippen LogP contribution in [0.5, 0.6) is 0 Å². The molecule has 2 heterocycles. The molecule has 1 aromatic rings. The second-order valence-corrected chi connectivity index (χ2v) is 4.07. The molecule has 78 valence electrons. The lowest BCUT2D eigenvalue weighted by atomic mass is 9.91. The van der Waals surface area contributed by atoms with Gasteiger partial charge in [0.05, 0.1) is 11.3 Å². The molecule has 1 N–H and O–H groups in total. The summed E-state index contributed by atoms with van der Waals surface area (Å²) in [6, 6.07) is 2.12. The molecule has 14 heavy (non-hydrogen) atoms. The Morgan fingerprint density at radius 2 is 2.36 bits per heavy atom. The van der Waals surface area contributed by atoms with Gasteiger partial charge in [0.2, 0.25) is 0 Å². The van der Waals surface area contributed by atoms with Crippen LogP contribution in [-0.4, -0.2) is 35.6 Å². The molecule has 0 saturated carbocycles. The van der Waals surface area contributed by atoms with Gasteiger partial charge in [-0.3, -0.25) is 4.68 Å². The van der Waals surface area contributed by atoms with Gasteiger partial charge in [-0.15, -0.1) is 0 Å². The van der Waals surface area contributed by atoms with Crippen molar-refractivity contribution in [2.75, 3.05) is 20.2 Å². The zero-order valence-electron chi connectivity index (χ0n) is 9.00. The molecule has 1 saturated heterocycles. The number of hydrogen-bond acceptors (Lipinski definition) is 3. The molecule has 0 aromatic carbocycles. The first-order valence-corrected chi connectivity index (χ1v) is 4.91. The number of nitrogens with one attached hydrogen (secondary N) is 1. The SMILES string of the molecule is COC1(Cc2cc(C)n(C)n2)CNC1. The third-order valence-electron chi connectivity index (χ3n) is 3.00. The minimum atomic E-state index is -0.0131. The van der Waals surface area contributed by atoms with Crippen molar-refractivity contribution in [3.8, 4) is 0 Å². The molecule has 0 bridgehead atoms. The number of ether oxygens (including phenoxy) is 1. The van der Waals surface area contributed by atoms with Crippen LogP contribution >= 0.6 is 0 Å². The lowest BCUT2D eigenvalue weighted by Crippen LogP contribution is -2.61. The van der Waals surface area contributed by atoms with Crippen LogP contribution in [0, 0.1) is 6.92 Å². The first kappa shape index (κ1) is 9.68. The van der Waals surface area contributed by atoms with E-state index in [4.69, 9.17) is 4.74 Å². The highest BCUT2D eigenvalue weighted by atomic mass is 16.5. The quantitative estimate of drug-likeness (QED) is 0.752. The molecule has 0 radical (unpaired) electrons. The van der Waals surface area contributed by atoms with Gasteiger partial charge in [-0.05, 0) is 13.0 Å². The largest absolute Gasteiger partial charge is 0.375 e. The maximum absolute atomic E-state index is 5.52. The fourth-order valence-electron chi connectivity index (χ4n) is 1.80. The minimum Gasteiger partial charge on any atom is -0.375 e. The Labute approximate surface area is 84.3 Å². The van der Waals surface area contributed by atoms with E-state index in [9.17, 15) is 0 Å². The van der Waals surface area contributed by atoms with Gasteiger partial charge in [0.25, 0.3) is 0 Å². The van der Waals surface area contributed by atoms with Gasteiger partial charge >= 0.3 is 0 Å². The number of aryl methyl sites for hydroxylation is 2. The van der Waals surface area contributed by atoms with Crippen LogP contribution in [0.2, 0.25) is 0 Å². The van der Waals surface area contributed by atoms with Gasteiger partial charge in [0, 0.05) is 39.4 Å². The van der Waals surface area contributed by atoms with Crippen molar-refractivity contribution in [2.24, 2.45) is 7.05 Å². The standard InChI is InChI=1S/C10H17N3O/c1-8-4-9(12-13(8)2)5-10(14-3)6-11-7-10/h4,11H,5-7H2,1-3H3. The Morgan fingerprint density at radius 1 is 1.64 bits per heavy atom. The van der Waals surface area contributed by atoms with Crippen LogP contribution in [0.1, 0.15) is 11.4 Å². The van der Waals surface area contributed by atoms with Gasteiger partial charge in [0.1, 0.15) is 0 Å². The first-order chi connectivity index (χ1) is 6.65. The maximum Gasteiger partial charge on any atom is 0.0981 e. The molecule has 0 spiro atoms. The van der Waals surface area contributed by atoms with E-state index >= 15 is 0 Å². The van der Waals surface area contributed by atoms with Crippen molar-refractivity contribution in [3.63, 3.8) is 0 Å². The number of hydrogen-bond donors (Lipinski definition) is 1. The highest BCUT2D eigenvalue weighted by molar-refractivity contribution is 5.13. The number of nitrogens with zero attached hydrogens (tertiary/aromatic N) is 2. The number of methoxy groups -OCH3 is 1. The molecule has 1 fully saturated rings. The molecular formula is C10H17N3O. The average Bonchev–Trinajstić information content (AvgIpc) is 2.39. The highest BCUT2D eigenvalue weighted by Gasteiger charge is 2.37. The lowest BCUT2D eigenvalue weighted by molar-refractivity contribution is -0.0509. The Balaban J connectivity index is 2.09. The third kappa shape index (κ3) is 1.55. The van der Waals surface area contributed by atoms with Crippen LogP contribution in [0.4, 0.5) is 0 Å². The predicted octanol–water partition coefficient (Wildman–Crippen LogP) is 0.259. The summed E-state index contributed by atoms with van der Waals surface area (Å²) in [5, 5.41) is 7.67. The van der Waals surface area contributed by atoms with E-state index < -0.39 is 0 Å². The van der Waals surface area contributed by atoms with Crippen molar-refractivity contribution in [1.29, 1.82) is 0 Å².